The van der Waals surface area contributed by atoms with E-state index in [1.54, 1.807) is 24.3 Å². The van der Waals surface area contributed by atoms with Crippen molar-refractivity contribution in [2.24, 2.45) is 5.73 Å². The van der Waals surface area contributed by atoms with Gasteiger partial charge in [-0.2, -0.15) is 10.5 Å². The van der Waals surface area contributed by atoms with Crippen molar-refractivity contribution in [1.29, 1.82) is 10.5 Å². The predicted octanol–water partition coefficient (Wildman–Crippen LogP) is 2.83. The molecule has 1 aromatic carbocycles. The number of nitriles is 2. The van der Waals surface area contributed by atoms with E-state index in [9.17, 15) is 15.3 Å². The Hall–Kier alpha value is -2.41. The maximum atomic E-state index is 12.2. The topological polar surface area (TPSA) is 93.9 Å². The normalized spacial score (nSPS) is 20.9. The van der Waals surface area contributed by atoms with E-state index in [2.05, 4.69) is 12.1 Å². The number of allylic oxidation sites excluding steroid dienone is 2. The molecule has 1 atom stereocenters. The molecule has 23 heavy (non-hydrogen) atoms. The molecule has 1 fully saturated rings. The lowest BCUT2D eigenvalue weighted by molar-refractivity contribution is -0.127. The summed E-state index contributed by atoms with van der Waals surface area (Å²) in [6.45, 7) is 0. The maximum absolute atomic E-state index is 12.2. The van der Waals surface area contributed by atoms with Crippen molar-refractivity contribution in [1.82, 2.24) is 4.90 Å². The zero-order valence-corrected chi connectivity index (χ0v) is 13.5. The van der Waals surface area contributed by atoms with Crippen molar-refractivity contribution >= 4 is 29.3 Å². The molecule has 0 bridgehead atoms. The highest BCUT2D eigenvalue weighted by Gasteiger charge is 2.40. The summed E-state index contributed by atoms with van der Waals surface area (Å²) in [5.74, 6) is -0.179. The summed E-state index contributed by atoms with van der Waals surface area (Å²) in [4.78, 5) is 13.5. The third kappa shape index (κ3) is 2.37. The Balaban J connectivity index is 2.28. The number of rotatable bonds is 1. The number of fused-ring (bicyclic) bond motifs is 1. The number of amides is 1. The van der Waals surface area contributed by atoms with Gasteiger partial charge in [0.15, 0.2) is 0 Å². The highest BCUT2D eigenvalue weighted by Crippen LogP contribution is 2.46. The second-order valence-electron chi connectivity index (χ2n) is 5.02. The van der Waals surface area contributed by atoms with Crippen LogP contribution in [0.4, 0.5) is 0 Å². The molecule has 114 valence electrons. The van der Waals surface area contributed by atoms with Crippen LogP contribution in [0.25, 0.3) is 0 Å². The Morgan fingerprint density at radius 1 is 1.26 bits per heavy atom. The second-order valence-corrected chi connectivity index (χ2v) is 6.51. The van der Waals surface area contributed by atoms with Gasteiger partial charge in [-0.25, -0.2) is 0 Å². The van der Waals surface area contributed by atoms with Crippen LogP contribution in [0.2, 0.25) is 5.02 Å². The molecule has 0 saturated carbocycles. The van der Waals surface area contributed by atoms with Crippen molar-refractivity contribution < 1.29 is 4.79 Å². The van der Waals surface area contributed by atoms with E-state index in [0.717, 1.165) is 0 Å². The third-order valence-electron chi connectivity index (χ3n) is 3.79. The molecule has 3 rings (SSSR count). The van der Waals surface area contributed by atoms with E-state index in [1.807, 2.05) is 0 Å². The van der Waals surface area contributed by atoms with E-state index >= 15 is 0 Å². The van der Waals surface area contributed by atoms with Gasteiger partial charge in [0.2, 0.25) is 5.91 Å². The van der Waals surface area contributed by atoms with Gasteiger partial charge in [0, 0.05) is 17.2 Å². The number of nitrogens with two attached hydrogens (primary N) is 1. The second kappa shape index (κ2) is 6.00. The van der Waals surface area contributed by atoms with Crippen LogP contribution >= 0.6 is 23.4 Å². The number of hydrogen-bond donors (Lipinski definition) is 1. The molecule has 0 spiro atoms. The molecule has 7 heteroatoms. The first-order valence-electron chi connectivity index (χ1n) is 6.84. The zero-order chi connectivity index (χ0) is 16.6. The van der Waals surface area contributed by atoms with Crippen molar-refractivity contribution in [3.05, 3.63) is 56.8 Å². The van der Waals surface area contributed by atoms with E-state index in [1.165, 1.54) is 16.7 Å². The van der Waals surface area contributed by atoms with Crippen molar-refractivity contribution in [2.75, 3.05) is 5.75 Å². The van der Waals surface area contributed by atoms with Crippen LogP contribution in [-0.2, 0) is 4.79 Å². The van der Waals surface area contributed by atoms with Crippen molar-refractivity contribution in [3.63, 3.8) is 0 Å². The fraction of sp³-hybridized carbons (Fsp3) is 0.188. The highest BCUT2D eigenvalue weighted by molar-refractivity contribution is 8.03. The molecule has 0 aliphatic carbocycles. The average molecular weight is 343 g/mol. The number of carbonyl (C=O) groups excluding carboxylic acids is 1. The predicted molar refractivity (Wildman–Crippen MR) is 87.6 cm³/mol. The van der Waals surface area contributed by atoms with Crippen LogP contribution in [0.1, 0.15) is 17.9 Å². The quantitative estimate of drug-likeness (QED) is 0.846. The fourth-order valence-electron chi connectivity index (χ4n) is 2.76. The minimum Gasteiger partial charge on any atom is -0.384 e. The molecule has 2 aliphatic heterocycles. The molecule has 2 aliphatic rings. The maximum Gasteiger partial charge on any atom is 0.233 e. The number of thioether (sulfide) groups is 1. The van der Waals surface area contributed by atoms with Crippen LogP contribution < -0.4 is 5.73 Å². The van der Waals surface area contributed by atoms with Crippen LogP contribution in [-0.4, -0.2) is 16.6 Å². The van der Waals surface area contributed by atoms with Gasteiger partial charge in [0.1, 0.15) is 5.82 Å². The molecule has 1 saturated heterocycles. The molecule has 2 heterocycles. The van der Waals surface area contributed by atoms with Crippen molar-refractivity contribution in [2.45, 2.75) is 12.3 Å². The Bertz CT molecular complexity index is 846. The van der Waals surface area contributed by atoms with Crippen LogP contribution in [0, 0.1) is 22.7 Å². The number of benzene rings is 1. The smallest absolute Gasteiger partial charge is 0.233 e. The van der Waals surface area contributed by atoms with Gasteiger partial charge < -0.3 is 5.73 Å². The Morgan fingerprint density at radius 2 is 1.96 bits per heavy atom. The Morgan fingerprint density at radius 3 is 2.61 bits per heavy atom. The minimum absolute atomic E-state index is 0.0867. The number of nitrogens with zero attached hydrogens (tertiary/aromatic N) is 3. The first-order valence-corrected chi connectivity index (χ1v) is 8.20. The standard InChI is InChI=1S/C16H11ClN4OS/c17-12-4-2-1-3-9(12)14-10(7-18)15(20)21-13(22)5-6-23-16(21)11(14)8-19/h1-4,14H,5-6,20H2. The van der Waals surface area contributed by atoms with Crippen LogP contribution in [0.5, 0.6) is 0 Å². The molecular formula is C16H11ClN4OS. The summed E-state index contributed by atoms with van der Waals surface area (Å²) in [6, 6.07) is 11.2. The van der Waals surface area contributed by atoms with Gasteiger partial charge in [-0.3, -0.25) is 9.69 Å². The van der Waals surface area contributed by atoms with E-state index in [0.29, 0.717) is 33.4 Å². The largest absolute Gasteiger partial charge is 0.384 e. The summed E-state index contributed by atoms with van der Waals surface area (Å²) in [7, 11) is 0. The molecule has 0 aromatic heterocycles. The van der Waals surface area contributed by atoms with Crippen LogP contribution in [0.15, 0.2) is 46.3 Å². The summed E-state index contributed by atoms with van der Waals surface area (Å²) in [5.41, 5.74) is 7.24. The first kappa shape index (κ1) is 15.5. The zero-order valence-electron chi connectivity index (χ0n) is 11.9. The molecule has 1 unspecified atom stereocenters. The Labute approximate surface area is 142 Å². The number of carbonyl (C=O) groups is 1. The summed E-state index contributed by atoms with van der Waals surface area (Å²) in [5, 5.41) is 20.2. The van der Waals surface area contributed by atoms with E-state index < -0.39 is 5.92 Å². The van der Waals surface area contributed by atoms with Gasteiger partial charge in [-0.15, -0.1) is 11.8 Å². The van der Waals surface area contributed by atoms with Crippen molar-refractivity contribution in [3.8, 4) is 12.1 Å². The van der Waals surface area contributed by atoms with E-state index in [-0.39, 0.29) is 17.3 Å². The van der Waals surface area contributed by atoms with Gasteiger partial charge in [0.05, 0.1) is 34.2 Å². The number of hydrogen-bond acceptors (Lipinski definition) is 5. The first-order chi connectivity index (χ1) is 11.1. The summed E-state index contributed by atoms with van der Waals surface area (Å²) < 4.78 is 0. The molecule has 1 amide bonds. The summed E-state index contributed by atoms with van der Waals surface area (Å²) >= 11 is 7.66. The van der Waals surface area contributed by atoms with Gasteiger partial charge in [0.25, 0.3) is 0 Å². The third-order valence-corrected chi connectivity index (χ3v) is 5.22. The molecule has 0 radical (unpaired) electrons. The molecular weight excluding hydrogens is 332 g/mol. The van der Waals surface area contributed by atoms with Gasteiger partial charge in [-0.05, 0) is 11.6 Å². The van der Waals surface area contributed by atoms with Gasteiger partial charge in [-0.1, -0.05) is 29.8 Å². The monoisotopic (exact) mass is 342 g/mol. The fourth-order valence-corrected chi connectivity index (χ4v) is 4.12. The van der Waals surface area contributed by atoms with Gasteiger partial charge >= 0.3 is 0 Å². The minimum atomic E-state index is -0.650. The molecule has 5 nitrogen and oxygen atoms in total. The Kier molecular flexibility index (Phi) is 4.04. The van der Waals surface area contributed by atoms with E-state index in [4.69, 9.17) is 17.3 Å². The highest BCUT2D eigenvalue weighted by atomic mass is 35.5. The SMILES string of the molecule is N#CC1=C(N)N2C(=O)CCSC2=C(C#N)C1c1ccccc1Cl. The summed E-state index contributed by atoms with van der Waals surface area (Å²) in [6.07, 6.45) is 0.322. The lowest BCUT2D eigenvalue weighted by atomic mass is 9.83. The lowest BCUT2D eigenvalue weighted by Crippen LogP contribution is -2.40. The number of halogens is 1. The molecule has 2 N–H and O–H groups in total. The average Bonchev–Trinajstić information content (AvgIpc) is 2.55. The molecule has 1 aromatic rings. The lowest BCUT2D eigenvalue weighted by Gasteiger charge is -2.36. The van der Waals surface area contributed by atoms with Crippen LogP contribution in [0.3, 0.4) is 0 Å².